The van der Waals surface area contributed by atoms with Crippen molar-refractivity contribution in [2.75, 3.05) is 7.11 Å². The van der Waals surface area contributed by atoms with E-state index in [1.807, 2.05) is 0 Å². The molecule has 2 aromatic carbocycles. The number of phenolic OH excluding ortho intramolecular Hbond substituents is 1. The lowest BCUT2D eigenvalue weighted by Gasteiger charge is -2.56. The minimum Gasteiger partial charge on any atom is -0.508 e. The lowest BCUT2D eigenvalue weighted by atomic mass is 9.77. The van der Waals surface area contributed by atoms with Gasteiger partial charge in [0.15, 0.2) is 5.78 Å². The molecule has 144 valence electrons. The number of aliphatic hydroxyl groups excluding tert-OH is 1. The second kappa shape index (κ2) is 5.05. The van der Waals surface area contributed by atoms with Crippen LogP contribution in [0.25, 0.3) is 0 Å². The molecule has 4 aliphatic rings. The number of hydrogen-bond donors (Lipinski definition) is 2. The minimum atomic E-state index is -1.53. The molecule has 2 N–H and O–H groups in total. The molecule has 28 heavy (non-hydrogen) atoms. The molecule has 6 rings (SSSR count). The number of phenols is 1. The average Bonchev–Trinajstić information content (AvgIpc) is 2.68. The molecule has 2 spiro atoms. The first-order chi connectivity index (χ1) is 13.5. The Labute approximate surface area is 160 Å². The molecule has 0 radical (unpaired) electrons. The summed E-state index contributed by atoms with van der Waals surface area (Å²) in [5.74, 6) is -1.96. The predicted octanol–water partition coefficient (Wildman–Crippen LogP) is 2.63. The number of ketones is 1. The fraction of sp³-hybridized carbons (Fsp3) is 0.381. The van der Waals surface area contributed by atoms with Crippen LogP contribution in [0.15, 0.2) is 30.3 Å². The number of aliphatic hydroxyl groups is 1. The van der Waals surface area contributed by atoms with E-state index in [1.54, 1.807) is 37.4 Å². The van der Waals surface area contributed by atoms with E-state index < -0.39 is 17.7 Å². The highest BCUT2D eigenvalue weighted by Crippen LogP contribution is 2.63. The van der Waals surface area contributed by atoms with Gasteiger partial charge >= 0.3 is 0 Å². The number of ether oxygens (including phenoxy) is 4. The molecule has 2 heterocycles. The number of benzene rings is 2. The molecule has 0 aromatic heterocycles. The van der Waals surface area contributed by atoms with Crippen LogP contribution < -0.4 is 9.47 Å². The molecule has 0 fully saturated rings. The molecular weight excluding hydrogens is 364 g/mol. The van der Waals surface area contributed by atoms with Crippen molar-refractivity contribution in [1.29, 1.82) is 0 Å². The van der Waals surface area contributed by atoms with Crippen LogP contribution in [-0.2, 0) is 21.0 Å². The van der Waals surface area contributed by atoms with Crippen LogP contribution in [0, 0.1) is 0 Å². The Hall–Kier alpha value is -2.61. The average molecular weight is 382 g/mol. The van der Waals surface area contributed by atoms with Gasteiger partial charge in [-0.1, -0.05) is 12.1 Å². The molecule has 7 heteroatoms. The van der Waals surface area contributed by atoms with Gasteiger partial charge in [-0.3, -0.25) is 9.53 Å². The van der Waals surface area contributed by atoms with Crippen LogP contribution in [0.5, 0.6) is 17.2 Å². The molecule has 2 aliphatic carbocycles. The van der Waals surface area contributed by atoms with Crippen molar-refractivity contribution in [2.24, 2.45) is 0 Å². The maximum Gasteiger partial charge on any atom is 0.271 e. The number of hydrogen-bond acceptors (Lipinski definition) is 7. The summed E-state index contributed by atoms with van der Waals surface area (Å²) in [6, 6.07) is 8.39. The van der Waals surface area contributed by atoms with Crippen molar-refractivity contribution in [3.8, 4) is 17.2 Å². The molecule has 0 saturated carbocycles. The summed E-state index contributed by atoms with van der Waals surface area (Å²) >= 11 is 0. The summed E-state index contributed by atoms with van der Waals surface area (Å²) in [6.45, 7) is 0. The van der Waals surface area contributed by atoms with Gasteiger partial charge in [-0.05, 0) is 24.6 Å². The van der Waals surface area contributed by atoms with Gasteiger partial charge in [0, 0.05) is 31.1 Å². The van der Waals surface area contributed by atoms with E-state index in [1.165, 1.54) is 0 Å². The van der Waals surface area contributed by atoms with Gasteiger partial charge in [0.2, 0.25) is 5.79 Å². The normalized spacial score (nSPS) is 34.0. The molecule has 0 unspecified atom stereocenters. The maximum atomic E-state index is 12.5. The van der Waals surface area contributed by atoms with Gasteiger partial charge < -0.3 is 24.4 Å². The van der Waals surface area contributed by atoms with Crippen LogP contribution in [-0.4, -0.2) is 29.2 Å². The topological polar surface area (TPSA) is 94.5 Å². The molecule has 4 atom stereocenters. The zero-order chi connectivity index (χ0) is 19.3. The van der Waals surface area contributed by atoms with Crippen molar-refractivity contribution < 1.29 is 34.0 Å². The zero-order valence-electron chi connectivity index (χ0n) is 15.1. The summed E-state index contributed by atoms with van der Waals surface area (Å²) in [6.07, 6.45) is -0.602. The van der Waals surface area contributed by atoms with Crippen LogP contribution in [0.1, 0.15) is 52.4 Å². The SMILES string of the molecule is CO[C@@H]1CC[C@]23Oc4cccc5c4[C@](Oc4ccc(O)c1c42)(O3)[C@H](O)CC5=O. The molecule has 2 aromatic rings. The first-order valence-corrected chi connectivity index (χ1v) is 9.31. The summed E-state index contributed by atoms with van der Waals surface area (Å²) in [5, 5.41) is 21.5. The zero-order valence-corrected chi connectivity index (χ0v) is 15.1. The number of carbonyl (C=O) groups is 1. The number of rotatable bonds is 1. The summed E-state index contributed by atoms with van der Waals surface area (Å²) < 4.78 is 24.6. The fourth-order valence-corrected chi connectivity index (χ4v) is 5.08. The van der Waals surface area contributed by atoms with Crippen molar-refractivity contribution in [3.05, 3.63) is 52.6 Å². The molecule has 2 aliphatic heterocycles. The number of aromatic hydroxyl groups is 1. The third-order valence-electron chi connectivity index (χ3n) is 6.25. The Bertz CT molecular complexity index is 1050. The maximum absolute atomic E-state index is 12.5. The monoisotopic (exact) mass is 382 g/mol. The Morgan fingerprint density at radius 1 is 1.14 bits per heavy atom. The largest absolute Gasteiger partial charge is 0.508 e. The first kappa shape index (κ1) is 16.4. The number of Topliss-reactive ketones (excluding diaryl/α,β-unsaturated/α-hetero) is 1. The van der Waals surface area contributed by atoms with Crippen LogP contribution >= 0.6 is 0 Å². The predicted molar refractivity (Wildman–Crippen MR) is 94.2 cm³/mol. The minimum absolute atomic E-state index is 0.0790. The van der Waals surface area contributed by atoms with Gasteiger partial charge in [0.1, 0.15) is 23.4 Å². The van der Waals surface area contributed by atoms with E-state index in [4.69, 9.17) is 18.9 Å². The summed E-state index contributed by atoms with van der Waals surface area (Å²) in [5.41, 5.74) is 2.02. The van der Waals surface area contributed by atoms with Gasteiger partial charge in [0.25, 0.3) is 5.79 Å². The fourth-order valence-electron chi connectivity index (χ4n) is 5.08. The van der Waals surface area contributed by atoms with E-state index in [0.717, 1.165) is 0 Å². The Kier molecular flexibility index (Phi) is 2.95. The smallest absolute Gasteiger partial charge is 0.271 e. The number of methoxy groups -OCH3 is 1. The van der Waals surface area contributed by atoms with Crippen LogP contribution in [0.2, 0.25) is 0 Å². The van der Waals surface area contributed by atoms with E-state index >= 15 is 0 Å². The van der Waals surface area contributed by atoms with Gasteiger partial charge in [-0.2, -0.15) is 0 Å². The van der Waals surface area contributed by atoms with Crippen molar-refractivity contribution in [1.82, 2.24) is 0 Å². The van der Waals surface area contributed by atoms with Crippen molar-refractivity contribution >= 4 is 5.78 Å². The third-order valence-corrected chi connectivity index (χ3v) is 6.25. The van der Waals surface area contributed by atoms with E-state index in [-0.39, 0.29) is 24.1 Å². The van der Waals surface area contributed by atoms with Crippen LogP contribution in [0.4, 0.5) is 0 Å². The highest BCUT2D eigenvalue weighted by atomic mass is 16.8. The first-order valence-electron chi connectivity index (χ1n) is 9.31. The molecule has 2 bridgehead atoms. The van der Waals surface area contributed by atoms with Gasteiger partial charge in [-0.25, -0.2) is 0 Å². The Morgan fingerprint density at radius 2 is 1.96 bits per heavy atom. The number of carbonyl (C=O) groups excluding carboxylic acids is 1. The highest BCUT2D eigenvalue weighted by molar-refractivity contribution is 6.00. The standard InChI is InChI=1S/C21H18O7/c1-25-13-7-8-20-19-15(6-5-11(22)17(13)19)27-21(28-20)16(24)9-12(23)10-3-2-4-14(26-20)18(10)21/h2-6,13,16,22,24H,7-9H2,1H3/t13-,16-,20-,21-/m1/s1. The Balaban J connectivity index is 1.68. The van der Waals surface area contributed by atoms with Crippen molar-refractivity contribution in [3.63, 3.8) is 0 Å². The summed E-state index contributed by atoms with van der Waals surface area (Å²) in [4.78, 5) is 12.5. The lowest BCUT2D eigenvalue weighted by molar-refractivity contribution is -0.388. The molecule has 7 nitrogen and oxygen atoms in total. The highest BCUT2D eigenvalue weighted by Gasteiger charge is 2.65. The Morgan fingerprint density at radius 3 is 2.79 bits per heavy atom. The van der Waals surface area contributed by atoms with Crippen molar-refractivity contribution in [2.45, 2.75) is 43.0 Å². The van der Waals surface area contributed by atoms with E-state index in [0.29, 0.717) is 46.6 Å². The third kappa shape index (κ3) is 1.73. The van der Waals surface area contributed by atoms with Gasteiger partial charge in [-0.15, -0.1) is 0 Å². The van der Waals surface area contributed by atoms with E-state index in [9.17, 15) is 15.0 Å². The van der Waals surface area contributed by atoms with Crippen LogP contribution in [0.3, 0.4) is 0 Å². The second-order valence-electron chi connectivity index (χ2n) is 7.68. The summed E-state index contributed by atoms with van der Waals surface area (Å²) in [7, 11) is 1.59. The quantitative estimate of drug-likeness (QED) is 0.783. The van der Waals surface area contributed by atoms with E-state index in [2.05, 4.69) is 0 Å². The van der Waals surface area contributed by atoms with Gasteiger partial charge in [0.05, 0.1) is 17.2 Å². The lowest BCUT2D eigenvalue weighted by Crippen LogP contribution is -2.63. The molecular formula is C21H18O7. The second-order valence-corrected chi connectivity index (χ2v) is 7.68. The molecule has 0 amide bonds. The molecule has 0 saturated heterocycles.